The van der Waals surface area contributed by atoms with Gasteiger partial charge in [0, 0.05) is 18.4 Å². The van der Waals surface area contributed by atoms with Crippen LogP contribution in [0.2, 0.25) is 0 Å². The van der Waals surface area contributed by atoms with Crippen molar-refractivity contribution >= 4 is 5.78 Å². The summed E-state index contributed by atoms with van der Waals surface area (Å²) in [6.07, 6.45) is 2.90. The van der Waals surface area contributed by atoms with E-state index in [0.717, 1.165) is 36.2 Å². The highest BCUT2D eigenvalue weighted by Gasteiger charge is 2.41. The summed E-state index contributed by atoms with van der Waals surface area (Å²) in [5, 5.41) is 0. The Kier molecular flexibility index (Phi) is 3.19. The minimum absolute atomic E-state index is 0.0447. The van der Waals surface area contributed by atoms with Crippen molar-refractivity contribution in [3.05, 3.63) is 47.0 Å². The summed E-state index contributed by atoms with van der Waals surface area (Å²) in [6, 6.07) is 6.47. The Labute approximate surface area is 125 Å². The Morgan fingerprint density at radius 3 is 2.43 bits per heavy atom. The number of carbonyl (C=O) groups excluding carboxylic acids is 1. The first kappa shape index (κ1) is 14.3. The maximum absolute atomic E-state index is 13.1. The van der Waals surface area contributed by atoms with E-state index in [1.807, 2.05) is 6.92 Å². The van der Waals surface area contributed by atoms with Gasteiger partial charge in [-0.2, -0.15) is 0 Å². The lowest BCUT2D eigenvalue weighted by atomic mass is 9.73. The van der Waals surface area contributed by atoms with E-state index in [9.17, 15) is 9.18 Å². The molecule has 112 valence electrons. The second-order valence-corrected chi connectivity index (χ2v) is 7.18. The minimum atomic E-state index is -0.472. The van der Waals surface area contributed by atoms with Gasteiger partial charge in [0.15, 0.2) is 5.78 Å². The Morgan fingerprint density at radius 1 is 1.10 bits per heavy atom. The summed E-state index contributed by atoms with van der Waals surface area (Å²) in [5.74, 6) is 0.823. The minimum Gasteiger partial charge on any atom is -0.487 e. The van der Waals surface area contributed by atoms with Crippen LogP contribution in [0.25, 0.3) is 0 Å². The van der Waals surface area contributed by atoms with Crippen LogP contribution >= 0.6 is 0 Å². The number of ether oxygens (including phenoxy) is 1. The molecular formula is C18H21FO2. The lowest BCUT2D eigenvalue weighted by Crippen LogP contribution is -2.36. The monoisotopic (exact) mass is 288 g/mol. The molecule has 1 aromatic rings. The Balaban J connectivity index is 1.93. The molecule has 1 unspecified atom stereocenters. The van der Waals surface area contributed by atoms with E-state index in [1.54, 1.807) is 12.1 Å². The molecule has 0 N–H and O–H groups in total. The van der Waals surface area contributed by atoms with Crippen molar-refractivity contribution in [2.24, 2.45) is 5.41 Å². The standard InChI is InChI=1S/C18H21FO2/c1-17(2)10-15(20)14-8-9-18(3,21-16(14)11-17)12-4-6-13(19)7-5-12/h4-7H,8-11H2,1-3H3. The first-order valence-corrected chi connectivity index (χ1v) is 7.49. The molecule has 3 heteroatoms. The van der Waals surface area contributed by atoms with Gasteiger partial charge in [0.05, 0.1) is 0 Å². The van der Waals surface area contributed by atoms with Gasteiger partial charge in [-0.15, -0.1) is 0 Å². The average Bonchev–Trinajstić information content (AvgIpc) is 2.37. The fourth-order valence-corrected chi connectivity index (χ4v) is 3.37. The summed E-state index contributed by atoms with van der Waals surface area (Å²) < 4.78 is 19.4. The van der Waals surface area contributed by atoms with Crippen LogP contribution in [0.3, 0.4) is 0 Å². The SMILES string of the molecule is CC1(C)CC(=O)C2=C(C1)OC(C)(c1ccc(F)cc1)CC2. The molecule has 0 spiro atoms. The molecule has 1 aliphatic carbocycles. The van der Waals surface area contributed by atoms with Gasteiger partial charge >= 0.3 is 0 Å². The van der Waals surface area contributed by atoms with Crippen molar-refractivity contribution in [3.8, 4) is 0 Å². The molecule has 0 amide bonds. The smallest absolute Gasteiger partial charge is 0.162 e. The number of hydrogen-bond acceptors (Lipinski definition) is 2. The lowest BCUT2D eigenvalue weighted by Gasteiger charge is -2.42. The highest BCUT2D eigenvalue weighted by atomic mass is 19.1. The number of Topliss-reactive ketones (excluding diaryl/α,β-unsaturated/α-hetero) is 1. The van der Waals surface area contributed by atoms with Gasteiger partial charge in [0.2, 0.25) is 0 Å². The van der Waals surface area contributed by atoms with Gasteiger partial charge in [-0.05, 0) is 42.9 Å². The van der Waals surface area contributed by atoms with Gasteiger partial charge < -0.3 is 4.74 Å². The third-order valence-corrected chi connectivity index (χ3v) is 4.61. The van der Waals surface area contributed by atoms with Crippen molar-refractivity contribution in [2.75, 3.05) is 0 Å². The second-order valence-electron chi connectivity index (χ2n) is 7.18. The van der Waals surface area contributed by atoms with Crippen LogP contribution in [0.4, 0.5) is 4.39 Å². The van der Waals surface area contributed by atoms with Crippen molar-refractivity contribution < 1.29 is 13.9 Å². The molecule has 1 aliphatic heterocycles. The average molecular weight is 288 g/mol. The van der Waals surface area contributed by atoms with E-state index < -0.39 is 5.60 Å². The Morgan fingerprint density at radius 2 is 1.76 bits per heavy atom. The maximum atomic E-state index is 13.1. The van der Waals surface area contributed by atoms with Crippen LogP contribution in [0, 0.1) is 11.2 Å². The van der Waals surface area contributed by atoms with Crippen LogP contribution < -0.4 is 0 Å². The van der Waals surface area contributed by atoms with Crippen molar-refractivity contribution in [3.63, 3.8) is 0 Å². The van der Waals surface area contributed by atoms with E-state index in [2.05, 4.69) is 13.8 Å². The van der Waals surface area contributed by atoms with Gasteiger partial charge in [0.25, 0.3) is 0 Å². The highest BCUT2D eigenvalue weighted by molar-refractivity contribution is 5.97. The normalized spacial score (nSPS) is 28.1. The molecule has 1 heterocycles. The van der Waals surface area contributed by atoms with Crippen molar-refractivity contribution in [1.29, 1.82) is 0 Å². The molecule has 1 aromatic carbocycles. The molecule has 0 saturated heterocycles. The topological polar surface area (TPSA) is 26.3 Å². The third-order valence-electron chi connectivity index (χ3n) is 4.61. The summed E-state index contributed by atoms with van der Waals surface area (Å²) in [4.78, 5) is 12.2. The van der Waals surface area contributed by atoms with Crippen LogP contribution in [0.15, 0.2) is 35.6 Å². The maximum Gasteiger partial charge on any atom is 0.162 e. The molecule has 1 atom stereocenters. The van der Waals surface area contributed by atoms with Crippen molar-refractivity contribution in [1.82, 2.24) is 0 Å². The molecule has 0 radical (unpaired) electrons. The van der Waals surface area contributed by atoms with E-state index in [4.69, 9.17) is 4.74 Å². The number of halogens is 1. The fourth-order valence-electron chi connectivity index (χ4n) is 3.37. The van der Waals surface area contributed by atoms with E-state index >= 15 is 0 Å². The molecule has 0 bridgehead atoms. The Hall–Kier alpha value is -1.64. The van der Waals surface area contributed by atoms with Gasteiger partial charge in [-0.25, -0.2) is 4.39 Å². The second kappa shape index (κ2) is 4.69. The van der Waals surface area contributed by atoms with Crippen LogP contribution in [-0.2, 0) is 15.1 Å². The zero-order valence-corrected chi connectivity index (χ0v) is 12.8. The van der Waals surface area contributed by atoms with Gasteiger partial charge in [-0.1, -0.05) is 26.0 Å². The first-order valence-electron chi connectivity index (χ1n) is 7.49. The van der Waals surface area contributed by atoms with E-state index in [0.29, 0.717) is 6.42 Å². The van der Waals surface area contributed by atoms with Crippen LogP contribution in [0.1, 0.15) is 52.0 Å². The van der Waals surface area contributed by atoms with Crippen LogP contribution in [0.5, 0.6) is 0 Å². The quantitative estimate of drug-likeness (QED) is 0.761. The van der Waals surface area contributed by atoms with E-state index in [1.165, 1.54) is 12.1 Å². The van der Waals surface area contributed by atoms with Gasteiger partial charge in [-0.3, -0.25) is 4.79 Å². The molecular weight excluding hydrogens is 267 g/mol. The summed E-state index contributed by atoms with van der Waals surface area (Å²) in [6.45, 7) is 6.22. The molecule has 0 saturated carbocycles. The van der Waals surface area contributed by atoms with Crippen LogP contribution in [-0.4, -0.2) is 5.78 Å². The number of rotatable bonds is 1. The first-order chi connectivity index (χ1) is 9.79. The molecule has 0 aromatic heterocycles. The molecule has 21 heavy (non-hydrogen) atoms. The zero-order chi connectivity index (χ0) is 15.3. The summed E-state index contributed by atoms with van der Waals surface area (Å²) in [5.41, 5.74) is 1.32. The van der Waals surface area contributed by atoms with Gasteiger partial charge in [0.1, 0.15) is 17.2 Å². The predicted octanol–water partition coefficient (Wildman–Crippen LogP) is 4.49. The fraction of sp³-hybridized carbons (Fsp3) is 0.500. The molecule has 2 nitrogen and oxygen atoms in total. The molecule has 3 rings (SSSR count). The number of ketones is 1. The zero-order valence-electron chi connectivity index (χ0n) is 12.8. The number of carbonyl (C=O) groups is 1. The Bertz CT molecular complexity index is 613. The van der Waals surface area contributed by atoms with Crippen molar-refractivity contribution in [2.45, 2.75) is 52.1 Å². The molecule has 0 fully saturated rings. The molecule has 2 aliphatic rings. The van der Waals surface area contributed by atoms with E-state index in [-0.39, 0.29) is 17.0 Å². The largest absolute Gasteiger partial charge is 0.487 e. The third kappa shape index (κ3) is 2.61. The summed E-state index contributed by atoms with van der Waals surface area (Å²) in [7, 11) is 0. The summed E-state index contributed by atoms with van der Waals surface area (Å²) >= 11 is 0. The number of allylic oxidation sites excluding steroid dienone is 2. The predicted molar refractivity (Wildman–Crippen MR) is 79.1 cm³/mol. The lowest BCUT2D eigenvalue weighted by molar-refractivity contribution is -0.121. The number of hydrogen-bond donors (Lipinski definition) is 0. The highest BCUT2D eigenvalue weighted by Crippen LogP contribution is 2.47. The number of benzene rings is 1.